The molecule has 0 unspecified atom stereocenters. The van der Waals surface area contributed by atoms with E-state index < -0.39 is 0 Å². The monoisotopic (exact) mass is 187 g/mol. The van der Waals surface area contributed by atoms with Gasteiger partial charge >= 0.3 is 0 Å². The van der Waals surface area contributed by atoms with Crippen LogP contribution >= 0.6 is 0 Å². The van der Waals surface area contributed by atoms with E-state index in [-0.39, 0.29) is 28.9 Å². The van der Waals surface area contributed by atoms with E-state index in [2.05, 4.69) is 0 Å². The first-order chi connectivity index (χ1) is 3.39. The van der Waals surface area contributed by atoms with Crippen LogP contribution in [-0.2, 0) is 16.5 Å². The normalized spacial score (nSPS) is 6.67. The molecule has 0 saturated heterocycles. The van der Waals surface area contributed by atoms with Gasteiger partial charge in [0.25, 0.3) is 0 Å². The molecule has 1 aromatic carbocycles. The van der Waals surface area contributed by atoms with Crippen LogP contribution in [0.25, 0.3) is 0 Å². The summed E-state index contributed by atoms with van der Waals surface area (Å²) in [5.41, 5.74) is 0. The second-order valence-corrected chi connectivity index (χ2v) is 1.34. The average molecular weight is 188 g/mol. The van der Waals surface area contributed by atoms with Crippen molar-refractivity contribution < 1.29 is 34.0 Å². The first-order valence-electron chi connectivity index (χ1n) is 2.13. The molecule has 0 saturated carbocycles. The molecule has 54 valence electrons. The maximum absolute atomic E-state index is 8.63. The number of rotatable bonds is 0. The SMILES string of the molecule is Oc1ccccc1.[Cl-].[Ni]. The van der Waals surface area contributed by atoms with E-state index in [0.717, 1.165) is 0 Å². The van der Waals surface area contributed by atoms with Crippen molar-refractivity contribution in [2.45, 2.75) is 0 Å². The molecular weight excluding hydrogens is 182 g/mol. The van der Waals surface area contributed by atoms with E-state index in [9.17, 15) is 0 Å². The number of phenols is 1. The first-order valence-corrected chi connectivity index (χ1v) is 2.13. The Morgan fingerprint density at radius 3 is 1.67 bits per heavy atom. The van der Waals surface area contributed by atoms with Crippen LogP contribution in [0.2, 0.25) is 0 Å². The minimum Gasteiger partial charge on any atom is -1.00 e. The summed E-state index contributed by atoms with van der Waals surface area (Å²) >= 11 is 0. The summed E-state index contributed by atoms with van der Waals surface area (Å²) in [5, 5.41) is 8.63. The molecule has 0 aliphatic heterocycles. The quantitative estimate of drug-likeness (QED) is 0.486. The fourth-order valence-corrected chi connectivity index (χ4v) is 0.428. The zero-order valence-corrected chi connectivity index (χ0v) is 6.27. The van der Waals surface area contributed by atoms with Crippen LogP contribution in [0.15, 0.2) is 30.3 Å². The number of phenolic OH excluding ortho intramolecular Hbond substituents is 1. The van der Waals surface area contributed by atoms with Crippen molar-refractivity contribution in [3.63, 3.8) is 0 Å². The molecular formula is C6H6ClNiO-. The van der Waals surface area contributed by atoms with Gasteiger partial charge in [0.15, 0.2) is 0 Å². The predicted octanol–water partition coefficient (Wildman–Crippen LogP) is -1.61. The van der Waals surface area contributed by atoms with E-state index in [1.54, 1.807) is 24.3 Å². The van der Waals surface area contributed by atoms with Crippen molar-refractivity contribution in [3.05, 3.63) is 30.3 Å². The summed E-state index contributed by atoms with van der Waals surface area (Å²) < 4.78 is 0. The molecule has 0 heterocycles. The Hall–Kier alpha value is -0.196. The molecule has 0 aliphatic carbocycles. The molecule has 0 aliphatic rings. The largest absolute Gasteiger partial charge is 1.00 e. The zero-order valence-electron chi connectivity index (χ0n) is 4.53. The third-order valence-corrected chi connectivity index (χ3v) is 0.756. The van der Waals surface area contributed by atoms with E-state index in [1.165, 1.54) is 0 Å². The van der Waals surface area contributed by atoms with Crippen molar-refractivity contribution in [2.24, 2.45) is 0 Å². The smallest absolute Gasteiger partial charge is 0.115 e. The summed E-state index contributed by atoms with van der Waals surface area (Å²) in [7, 11) is 0. The fraction of sp³-hybridized carbons (Fsp3) is 0. The van der Waals surface area contributed by atoms with Gasteiger partial charge in [0.1, 0.15) is 5.75 Å². The van der Waals surface area contributed by atoms with Crippen LogP contribution in [-0.4, -0.2) is 5.11 Å². The number of aromatic hydroxyl groups is 1. The molecule has 0 radical (unpaired) electrons. The molecule has 1 aromatic rings. The Morgan fingerprint density at radius 2 is 1.44 bits per heavy atom. The number of para-hydroxylation sites is 1. The van der Waals surface area contributed by atoms with E-state index in [1.807, 2.05) is 6.07 Å². The van der Waals surface area contributed by atoms with Crippen LogP contribution in [0.4, 0.5) is 0 Å². The molecule has 0 amide bonds. The number of hydrogen-bond donors (Lipinski definition) is 1. The average Bonchev–Trinajstić information content (AvgIpc) is 1.69. The topological polar surface area (TPSA) is 20.2 Å². The maximum Gasteiger partial charge on any atom is 0.115 e. The van der Waals surface area contributed by atoms with Gasteiger partial charge in [-0.05, 0) is 12.1 Å². The second kappa shape index (κ2) is 5.93. The van der Waals surface area contributed by atoms with Gasteiger partial charge in [-0.1, -0.05) is 18.2 Å². The molecule has 0 aromatic heterocycles. The molecule has 3 heteroatoms. The van der Waals surface area contributed by atoms with Crippen molar-refractivity contribution in [1.29, 1.82) is 0 Å². The van der Waals surface area contributed by atoms with Crippen molar-refractivity contribution in [3.8, 4) is 5.75 Å². The van der Waals surface area contributed by atoms with Gasteiger partial charge in [0.05, 0.1) is 0 Å². The van der Waals surface area contributed by atoms with Crippen molar-refractivity contribution in [1.82, 2.24) is 0 Å². The Kier molecular flexibility index (Phi) is 7.63. The predicted molar refractivity (Wildman–Crippen MR) is 28.1 cm³/mol. The van der Waals surface area contributed by atoms with Crippen LogP contribution in [0.3, 0.4) is 0 Å². The molecule has 1 N–H and O–H groups in total. The van der Waals surface area contributed by atoms with Crippen LogP contribution < -0.4 is 12.4 Å². The molecule has 1 rings (SSSR count). The molecule has 0 spiro atoms. The zero-order chi connectivity index (χ0) is 5.11. The molecule has 0 atom stereocenters. The summed E-state index contributed by atoms with van der Waals surface area (Å²) in [5.74, 6) is 0.322. The minimum atomic E-state index is 0. The summed E-state index contributed by atoms with van der Waals surface area (Å²) in [6, 6.07) is 8.71. The molecule has 0 fully saturated rings. The van der Waals surface area contributed by atoms with E-state index in [0.29, 0.717) is 5.75 Å². The van der Waals surface area contributed by atoms with Gasteiger partial charge in [-0.15, -0.1) is 0 Å². The minimum absolute atomic E-state index is 0. The Labute approximate surface area is 70.4 Å². The van der Waals surface area contributed by atoms with Gasteiger partial charge in [0.2, 0.25) is 0 Å². The Balaban J connectivity index is 0. The third kappa shape index (κ3) is 4.32. The second-order valence-electron chi connectivity index (χ2n) is 1.34. The summed E-state index contributed by atoms with van der Waals surface area (Å²) in [6.07, 6.45) is 0. The van der Waals surface area contributed by atoms with Crippen LogP contribution in [0.5, 0.6) is 5.75 Å². The maximum atomic E-state index is 8.63. The third-order valence-electron chi connectivity index (χ3n) is 0.756. The van der Waals surface area contributed by atoms with E-state index in [4.69, 9.17) is 5.11 Å². The number of hydrogen-bond acceptors (Lipinski definition) is 1. The van der Waals surface area contributed by atoms with Crippen LogP contribution in [0, 0.1) is 0 Å². The van der Waals surface area contributed by atoms with E-state index >= 15 is 0 Å². The first kappa shape index (κ1) is 11.6. The number of halogens is 1. The van der Waals surface area contributed by atoms with Gasteiger partial charge in [0, 0.05) is 16.5 Å². The fourth-order valence-electron chi connectivity index (χ4n) is 0.428. The molecule has 0 bridgehead atoms. The number of benzene rings is 1. The standard InChI is InChI=1S/C6H6O.ClH.Ni/c7-6-4-2-1-3-5-6;;/h1-5,7H;1H;/p-1. The summed E-state index contributed by atoms with van der Waals surface area (Å²) in [4.78, 5) is 0. The van der Waals surface area contributed by atoms with Crippen molar-refractivity contribution in [2.75, 3.05) is 0 Å². The van der Waals surface area contributed by atoms with Crippen molar-refractivity contribution >= 4 is 0 Å². The van der Waals surface area contributed by atoms with Gasteiger partial charge in [-0.25, -0.2) is 0 Å². The van der Waals surface area contributed by atoms with Crippen LogP contribution in [0.1, 0.15) is 0 Å². The molecule has 9 heavy (non-hydrogen) atoms. The van der Waals surface area contributed by atoms with Gasteiger partial charge in [-0.3, -0.25) is 0 Å². The Bertz CT molecular complexity index is 143. The molecule has 1 nitrogen and oxygen atoms in total. The van der Waals surface area contributed by atoms with Gasteiger partial charge in [-0.2, -0.15) is 0 Å². The summed E-state index contributed by atoms with van der Waals surface area (Å²) in [6.45, 7) is 0. The Morgan fingerprint density at radius 1 is 1.00 bits per heavy atom. The van der Waals surface area contributed by atoms with Gasteiger partial charge < -0.3 is 17.5 Å².